The minimum Gasteiger partial charge on any atom is -0.343 e. The van der Waals surface area contributed by atoms with Crippen LogP contribution >= 0.6 is 0 Å². The average Bonchev–Trinajstić information content (AvgIpc) is 3.38. The van der Waals surface area contributed by atoms with Crippen molar-refractivity contribution in [2.75, 3.05) is 51.7 Å². The molecule has 2 heterocycles. The Morgan fingerprint density at radius 1 is 1.00 bits per heavy atom. The first kappa shape index (κ1) is 24.3. The number of nitrogens with one attached hydrogen (secondary N) is 1. The molecule has 2 amide bonds. The summed E-state index contributed by atoms with van der Waals surface area (Å²) in [6, 6.07) is 15.3. The molecule has 1 fully saturated rings. The van der Waals surface area contributed by atoms with E-state index >= 15 is 0 Å². The van der Waals surface area contributed by atoms with Gasteiger partial charge in [-0.05, 0) is 40.8 Å². The van der Waals surface area contributed by atoms with Crippen molar-refractivity contribution in [3.63, 3.8) is 0 Å². The monoisotopic (exact) mass is 498 g/mol. The Bertz CT molecular complexity index is 1300. The van der Waals surface area contributed by atoms with Gasteiger partial charge < -0.3 is 15.1 Å². The molecule has 35 heavy (non-hydrogen) atoms. The standard InChI is InChI=1S/C22H26N8O4S/c1-27(2)35(33,34)19-10-6-7-17(15-19)21(32)23-16-20(31)28-11-13-29(14-12-28)22-24-25-26-30(22)18-8-4-3-5-9-18/h3-10,15H,11-14,16H2,1-2H3,(H,23,32). The smallest absolute Gasteiger partial charge is 0.251 e. The largest absolute Gasteiger partial charge is 0.343 e. The van der Waals surface area contributed by atoms with Crippen molar-refractivity contribution in [3.8, 4) is 5.69 Å². The third-order valence-corrected chi connectivity index (χ3v) is 7.46. The maximum absolute atomic E-state index is 12.7. The summed E-state index contributed by atoms with van der Waals surface area (Å²) < 4.78 is 27.3. The van der Waals surface area contributed by atoms with Gasteiger partial charge in [-0.1, -0.05) is 29.4 Å². The lowest BCUT2D eigenvalue weighted by Gasteiger charge is -2.34. The minimum atomic E-state index is -3.67. The second-order valence-electron chi connectivity index (χ2n) is 8.09. The number of para-hydroxylation sites is 1. The molecule has 12 nitrogen and oxygen atoms in total. The van der Waals surface area contributed by atoms with Crippen LogP contribution in [0, 0.1) is 0 Å². The molecular formula is C22H26N8O4S. The molecule has 184 valence electrons. The molecule has 0 radical (unpaired) electrons. The maximum Gasteiger partial charge on any atom is 0.251 e. The van der Waals surface area contributed by atoms with Crippen LogP contribution in [-0.4, -0.2) is 96.5 Å². The van der Waals surface area contributed by atoms with Gasteiger partial charge in [0.15, 0.2) is 0 Å². The van der Waals surface area contributed by atoms with Crippen molar-refractivity contribution in [2.45, 2.75) is 4.90 Å². The second kappa shape index (κ2) is 10.2. The number of tetrazole rings is 1. The number of rotatable bonds is 7. The normalized spacial score (nSPS) is 14.3. The van der Waals surface area contributed by atoms with Gasteiger partial charge in [0, 0.05) is 45.8 Å². The van der Waals surface area contributed by atoms with E-state index in [0.717, 1.165) is 9.99 Å². The predicted octanol–water partition coefficient (Wildman–Crippen LogP) is -0.00880. The van der Waals surface area contributed by atoms with Crippen LogP contribution in [0.3, 0.4) is 0 Å². The lowest BCUT2D eigenvalue weighted by atomic mass is 10.2. The summed E-state index contributed by atoms with van der Waals surface area (Å²) in [4.78, 5) is 28.9. The molecule has 1 saturated heterocycles. The first-order chi connectivity index (χ1) is 16.8. The summed E-state index contributed by atoms with van der Waals surface area (Å²) in [5, 5.41) is 14.6. The first-order valence-electron chi connectivity index (χ1n) is 10.9. The maximum atomic E-state index is 12.7. The van der Waals surface area contributed by atoms with Crippen LogP contribution in [0.15, 0.2) is 59.5 Å². The fraction of sp³-hybridized carbons (Fsp3) is 0.318. The Morgan fingerprint density at radius 2 is 1.71 bits per heavy atom. The van der Waals surface area contributed by atoms with E-state index in [2.05, 4.69) is 20.8 Å². The van der Waals surface area contributed by atoms with Crippen molar-refractivity contribution < 1.29 is 18.0 Å². The van der Waals surface area contributed by atoms with E-state index in [1.54, 1.807) is 9.58 Å². The predicted molar refractivity (Wildman–Crippen MR) is 128 cm³/mol. The summed E-state index contributed by atoms with van der Waals surface area (Å²) in [5.41, 5.74) is 1.01. The molecule has 0 atom stereocenters. The van der Waals surface area contributed by atoms with Gasteiger partial charge in [-0.15, -0.1) is 0 Å². The molecule has 2 aromatic carbocycles. The molecule has 1 aliphatic rings. The number of hydrogen-bond donors (Lipinski definition) is 1. The number of benzene rings is 2. The summed E-state index contributed by atoms with van der Waals surface area (Å²) in [6.45, 7) is 1.79. The van der Waals surface area contributed by atoms with Crippen LogP contribution in [0.5, 0.6) is 0 Å². The van der Waals surface area contributed by atoms with E-state index < -0.39 is 15.9 Å². The number of sulfonamides is 1. The lowest BCUT2D eigenvalue weighted by Crippen LogP contribution is -2.51. The van der Waals surface area contributed by atoms with Gasteiger partial charge in [0.05, 0.1) is 17.1 Å². The molecule has 0 bridgehead atoms. The summed E-state index contributed by atoms with van der Waals surface area (Å²) in [7, 11) is -0.830. The van der Waals surface area contributed by atoms with Crippen LogP contribution in [0.4, 0.5) is 5.95 Å². The Kier molecular flexibility index (Phi) is 7.07. The second-order valence-corrected chi connectivity index (χ2v) is 10.2. The zero-order chi connectivity index (χ0) is 25.0. The van der Waals surface area contributed by atoms with Gasteiger partial charge in [0.1, 0.15) is 0 Å². The zero-order valence-corrected chi connectivity index (χ0v) is 20.2. The molecule has 0 unspecified atom stereocenters. The van der Waals surface area contributed by atoms with E-state index in [1.807, 2.05) is 35.2 Å². The van der Waals surface area contributed by atoms with Crippen LogP contribution in [-0.2, 0) is 14.8 Å². The van der Waals surface area contributed by atoms with Gasteiger partial charge in [-0.3, -0.25) is 9.59 Å². The number of anilines is 1. The molecule has 13 heteroatoms. The van der Waals surface area contributed by atoms with E-state index in [-0.39, 0.29) is 22.9 Å². The Morgan fingerprint density at radius 3 is 2.40 bits per heavy atom. The molecule has 0 aliphatic carbocycles. The molecule has 0 spiro atoms. The molecule has 3 aromatic rings. The number of amides is 2. The van der Waals surface area contributed by atoms with Crippen molar-refractivity contribution in [3.05, 3.63) is 60.2 Å². The lowest BCUT2D eigenvalue weighted by molar-refractivity contribution is -0.130. The molecule has 1 aromatic heterocycles. The molecule has 1 aliphatic heterocycles. The summed E-state index contributed by atoms with van der Waals surface area (Å²) in [5.74, 6) is -0.142. The van der Waals surface area contributed by atoms with Gasteiger partial charge in [-0.25, -0.2) is 12.7 Å². The van der Waals surface area contributed by atoms with Crippen LogP contribution in [0.1, 0.15) is 10.4 Å². The Balaban J connectivity index is 1.32. The van der Waals surface area contributed by atoms with Gasteiger partial charge in [-0.2, -0.15) is 4.68 Å². The first-order valence-corrected chi connectivity index (χ1v) is 12.4. The van der Waals surface area contributed by atoms with Crippen LogP contribution < -0.4 is 10.2 Å². The quantitative estimate of drug-likeness (QED) is 0.481. The van der Waals surface area contributed by atoms with E-state index in [4.69, 9.17) is 0 Å². The highest BCUT2D eigenvalue weighted by Gasteiger charge is 2.25. The fourth-order valence-corrected chi connectivity index (χ4v) is 4.60. The number of nitrogens with zero attached hydrogens (tertiary/aromatic N) is 7. The van der Waals surface area contributed by atoms with Gasteiger partial charge >= 0.3 is 0 Å². The molecular weight excluding hydrogens is 472 g/mol. The number of carbonyl (C=O) groups is 2. The van der Waals surface area contributed by atoms with Crippen LogP contribution in [0.25, 0.3) is 5.69 Å². The molecule has 0 saturated carbocycles. The minimum absolute atomic E-state index is 0.00967. The van der Waals surface area contributed by atoms with Gasteiger partial charge in [0.2, 0.25) is 21.9 Å². The average molecular weight is 499 g/mol. The SMILES string of the molecule is CN(C)S(=O)(=O)c1cccc(C(=O)NCC(=O)N2CCN(c3nnnn3-c3ccccc3)CC2)c1. The van der Waals surface area contributed by atoms with Crippen LogP contribution in [0.2, 0.25) is 0 Å². The topological polar surface area (TPSA) is 134 Å². The fourth-order valence-electron chi connectivity index (χ4n) is 3.65. The third kappa shape index (κ3) is 5.30. The highest BCUT2D eigenvalue weighted by molar-refractivity contribution is 7.89. The number of aromatic nitrogens is 4. The number of carbonyl (C=O) groups excluding carboxylic acids is 2. The van der Waals surface area contributed by atoms with E-state index in [1.165, 1.54) is 38.4 Å². The summed E-state index contributed by atoms with van der Waals surface area (Å²) >= 11 is 0. The van der Waals surface area contributed by atoms with Crippen molar-refractivity contribution >= 4 is 27.8 Å². The Labute approximate surface area is 203 Å². The van der Waals surface area contributed by atoms with Crippen molar-refractivity contribution in [1.29, 1.82) is 0 Å². The molecule has 1 N–H and O–H groups in total. The highest BCUT2D eigenvalue weighted by Crippen LogP contribution is 2.17. The number of piperazine rings is 1. The van der Waals surface area contributed by atoms with Gasteiger partial charge in [0.25, 0.3) is 5.91 Å². The molecule has 4 rings (SSSR count). The summed E-state index contributed by atoms with van der Waals surface area (Å²) in [6.07, 6.45) is 0. The van der Waals surface area contributed by atoms with E-state index in [0.29, 0.717) is 32.1 Å². The van der Waals surface area contributed by atoms with Crippen molar-refractivity contribution in [2.24, 2.45) is 0 Å². The van der Waals surface area contributed by atoms with E-state index in [9.17, 15) is 18.0 Å². The number of hydrogen-bond acceptors (Lipinski definition) is 8. The Hall–Kier alpha value is -3.84. The highest BCUT2D eigenvalue weighted by atomic mass is 32.2. The third-order valence-electron chi connectivity index (χ3n) is 5.64. The van der Waals surface area contributed by atoms with Crippen molar-refractivity contribution in [1.82, 2.24) is 34.7 Å². The zero-order valence-electron chi connectivity index (χ0n) is 19.4.